The number of carbonyl (C=O) groups is 2. The minimum Gasteiger partial charge on any atom is -0.348 e. The highest BCUT2D eigenvalue weighted by Crippen LogP contribution is 2.29. The van der Waals surface area contributed by atoms with E-state index in [0.717, 1.165) is 38.9 Å². The summed E-state index contributed by atoms with van der Waals surface area (Å²) in [5.74, 6) is -0.0721. The van der Waals surface area contributed by atoms with Crippen molar-refractivity contribution in [1.29, 1.82) is 0 Å². The summed E-state index contributed by atoms with van der Waals surface area (Å²) in [5, 5.41) is 6.68. The van der Waals surface area contributed by atoms with Crippen molar-refractivity contribution < 1.29 is 9.59 Å². The van der Waals surface area contributed by atoms with Crippen LogP contribution in [0.2, 0.25) is 0 Å². The highest BCUT2D eigenvalue weighted by atomic mass is 16.1. The Hall–Kier alpha value is -2.82. The third-order valence-electron chi connectivity index (χ3n) is 4.97. The van der Waals surface area contributed by atoms with Crippen molar-refractivity contribution in [2.45, 2.75) is 54.5 Å². The molecule has 0 aliphatic rings. The van der Waals surface area contributed by atoms with Gasteiger partial charge in [0.25, 0.3) is 5.91 Å². The predicted octanol–water partition coefficient (Wildman–Crippen LogP) is 4.56. The Balaban J connectivity index is 2.31. The highest BCUT2D eigenvalue weighted by molar-refractivity contribution is 6.08. The van der Waals surface area contributed by atoms with E-state index < -0.39 is 0 Å². The Bertz CT molecular complexity index is 962. The first-order valence-corrected chi connectivity index (χ1v) is 9.60. The molecule has 0 spiro atoms. The van der Waals surface area contributed by atoms with E-state index in [1.807, 2.05) is 39.8 Å². The molecule has 5 heteroatoms. The lowest BCUT2D eigenvalue weighted by atomic mass is 10.0. The molecule has 2 N–H and O–H groups in total. The number of nitrogens with zero attached hydrogens (tertiary/aromatic N) is 1. The van der Waals surface area contributed by atoms with Crippen LogP contribution in [-0.2, 0) is 4.79 Å². The maximum Gasteiger partial charge on any atom is 0.252 e. The second-order valence-electron chi connectivity index (χ2n) is 7.76. The molecule has 1 heterocycles. The van der Waals surface area contributed by atoms with Crippen LogP contribution in [0, 0.1) is 13.8 Å². The van der Waals surface area contributed by atoms with Gasteiger partial charge < -0.3 is 15.2 Å². The largest absolute Gasteiger partial charge is 0.348 e. The minimum atomic E-state index is -0.0721. The molecule has 0 saturated heterocycles. The van der Waals surface area contributed by atoms with Crippen molar-refractivity contribution in [3.05, 3.63) is 57.9 Å². The minimum absolute atomic E-state index is 0.0721. The molecule has 2 aromatic rings. The Morgan fingerprint density at radius 3 is 2.46 bits per heavy atom. The normalized spacial score (nSPS) is 12.9. The molecule has 2 amide bonds. The molecule has 0 atom stereocenters. The Kier molecular flexibility index (Phi) is 6.84. The molecule has 5 nitrogen and oxygen atoms in total. The number of carbonyl (C=O) groups excluding carboxylic acids is 2. The van der Waals surface area contributed by atoms with Gasteiger partial charge in [0.2, 0.25) is 6.41 Å². The van der Waals surface area contributed by atoms with Crippen LogP contribution in [0.25, 0.3) is 10.9 Å². The van der Waals surface area contributed by atoms with Crippen molar-refractivity contribution in [2.75, 3.05) is 6.54 Å². The average Bonchev–Trinajstić information content (AvgIpc) is 2.95. The standard InChI is InChI=1S/C23H31N3O2/c1-14(2)26-12-18(6)22-20(8-15(3)9-21(22)26)23(28)24-11-17(5)16(4)10-19(7)25-13-27/h8-10,12-14H,11H2,1-7H3,(H,24,28)(H,25,27)/b17-16+,19-10-. The van der Waals surface area contributed by atoms with Crippen LogP contribution in [0.1, 0.15) is 62.1 Å². The fourth-order valence-corrected chi connectivity index (χ4v) is 3.36. The summed E-state index contributed by atoms with van der Waals surface area (Å²) in [6.45, 7) is 14.6. The highest BCUT2D eigenvalue weighted by Gasteiger charge is 2.17. The van der Waals surface area contributed by atoms with Crippen molar-refractivity contribution in [1.82, 2.24) is 15.2 Å². The molecule has 0 bridgehead atoms. The summed E-state index contributed by atoms with van der Waals surface area (Å²) < 4.78 is 2.22. The lowest BCUT2D eigenvalue weighted by Gasteiger charge is -2.13. The molecule has 0 aliphatic carbocycles. The number of aromatic nitrogens is 1. The summed E-state index contributed by atoms with van der Waals surface area (Å²) in [5.41, 5.74) is 6.82. The van der Waals surface area contributed by atoms with Gasteiger partial charge in [-0.1, -0.05) is 5.57 Å². The third-order valence-corrected chi connectivity index (χ3v) is 4.97. The number of aryl methyl sites for hydroxylation is 2. The van der Waals surface area contributed by atoms with Crippen molar-refractivity contribution in [3.63, 3.8) is 0 Å². The first-order valence-electron chi connectivity index (χ1n) is 9.60. The van der Waals surface area contributed by atoms with Crippen LogP contribution in [-0.4, -0.2) is 23.4 Å². The van der Waals surface area contributed by atoms with Crippen LogP contribution in [0.4, 0.5) is 0 Å². The van der Waals surface area contributed by atoms with E-state index in [1.165, 1.54) is 0 Å². The number of allylic oxidation sites excluding steroid dienone is 3. The number of rotatable bonds is 7. The summed E-state index contributed by atoms with van der Waals surface area (Å²) in [6, 6.07) is 4.43. The van der Waals surface area contributed by atoms with Crippen molar-refractivity contribution in [3.8, 4) is 0 Å². The van der Waals surface area contributed by atoms with E-state index in [0.29, 0.717) is 24.6 Å². The van der Waals surface area contributed by atoms with Gasteiger partial charge in [-0.25, -0.2) is 0 Å². The predicted molar refractivity (Wildman–Crippen MR) is 115 cm³/mol. The zero-order valence-corrected chi connectivity index (χ0v) is 17.9. The van der Waals surface area contributed by atoms with Crippen LogP contribution in [0.3, 0.4) is 0 Å². The van der Waals surface area contributed by atoms with Gasteiger partial charge in [0.05, 0.1) is 0 Å². The molecular formula is C23H31N3O2. The SMILES string of the molecule is C/C(=C/C(C)=C(\C)CNC(=O)c1cc(C)cc2c1c(C)cn2C(C)C)NC=O. The number of fused-ring (bicyclic) bond motifs is 1. The van der Waals surface area contributed by atoms with Gasteiger partial charge in [0, 0.05) is 40.9 Å². The van der Waals surface area contributed by atoms with Gasteiger partial charge in [-0.05, 0) is 83.4 Å². The second-order valence-corrected chi connectivity index (χ2v) is 7.76. The molecule has 150 valence electrons. The van der Waals surface area contributed by atoms with Crippen molar-refractivity contribution >= 4 is 23.2 Å². The first-order chi connectivity index (χ1) is 13.1. The topological polar surface area (TPSA) is 63.1 Å². The molecule has 0 radical (unpaired) electrons. The Morgan fingerprint density at radius 1 is 1.18 bits per heavy atom. The smallest absolute Gasteiger partial charge is 0.252 e. The lowest BCUT2D eigenvalue weighted by Crippen LogP contribution is -2.26. The fourth-order valence-electron chi connectivity index (χ4n) is 3.36. The average molecular weight is 382 g/mol. The maximum absolute atomic E-state index is 13.0. The summed E-state index contributed by atoms with van der Waals surface area (Å²) in [7, 11) is 0. The van der Waals surface area contributed by atoms with Gasteiger partial charge >= 0.3 is 0 Å². The summed E-state index contributed by atoms with van der Waals surface area (Å²) in [4.78, 5) is 23.5. The van der Waals surface area contributed by atoms with E-state index in [4.69, 9.17) is 0 Å². The Morgan fingerprint density at radius 2 is 1.86 bits per heavy atom. The molecule has 2 rings (SSSR count). The van der Waals surface area contributed by atoms with Crippen molar-refractivity contribution in [2.24, 2.45) is 0 Å². The van der Waals surface area contributed by atoms with E-state index in [2.05, 4.69) is 48.2 Å². The molecule has 1 aromatic heterocycles. The van der Waals surface area contributed by atoms with Gasteiger partial charge in [-0.15, -0.1) is 0 Å². The van der Waals surface area contributed by atoms with Crippen LogP contribution in [0.5, 0.6) is 0 Å². The van der Waals surface area contributed by atoms with E-state index in [9.17, 15) is 9.59 Å². The molecule has 0 aliphatic heterocycles. The van der Waals surface area contributed by atoms with Gasteiger partial charge in [0.1, 0.15) is 0 Å². The van der Waals surface area contributed by atoms with E-state index in [1.54, 1.807) is 0 Å². The van der Waals surface area contributed by atoms with E-state index in [-0.39, 0.29) is 5.91 Å². The number of hydrogen-bond acceptors (Lipinski definition) is 2. The molecule has 1 aromatic carbocycles. The van der Waals surface area contributed by atoms with E-state index >= 15 is 0 Å². The monoisotopic (exact) mass is 381 g/mol. The van der Waals surface area contributed by atoms with Gasteiger partial charge in [0.15, 0.2) is 0 Å². The fraction of sp³-hybridized carbons (Fsp3) is 0.391. The zero-order valence-electron chi connectivity index (χ0n) is 17.9. The molecule has 28 heavy (non-hydrogen) atoms. The first kappa shape index (κ1) is 21.5. The number of hydrogen-bond donors (Lipinski definition) is 2. The van der Waals surface area contributed by atoms with Gasteiger partial charge in [-0.3, -0.25) is 9.59 Å². The second kappa shape index (κ2) is 8.91. The molecular weight excluding hydrogens is 350 g/mol. The summed E-state index contributed by atoms with van der Waals surface area (Å²) in [6.07, 6.45) is 4.67. The molecule has 0 unspecified atom stereocenters. The quantitative estimate of drug-likeness (QED) is 0.546. The molecule has 0 saturated carbocycles. The number of nitrogens with one attached hydrogen (secondary N) is 2. The Labute approximate surface area is 167 Å². The lowest BCUT2D eigenvalue weighted by molar-refractivity contribution is -0.108. The third kappa shape index (κ3) is 4.71. The van der Waals surface area contributed by atoms with Crippen LogP contribution >= 0.6 is 0 Å². The zero-order chi connectivity index (χ0) is 21.0. The number of benzene rings is 1. The number of amides is 2. The van der Waals surface area contributed by atoms with Crippen LogP contribution in [0.15, 0.2) is 41.2 Å². The summed E-state index contributed by atoms with van der Waals surface area (Å²) >= 11 is 0. The maximum atomic E-state index is 13.0. The van der Waals surface area contributed by atoms with Crippen LogP contribution < -0.4 is 10.6 Å². The van der Waals surface area contributed by atoms with Gasteiger partial charge in [-0.2, -0.15) is 0 Å². The molecule has 0 fully saturated rings.